The predicted octanol–water partition coefficient (Wildman–Crippen LogP) is 2.38. The lowest BCUT2D eigenvalue weighted by Gasteiger charge is -2.14. The molecule has 0 saturated carbocycles. The van der Waals surface area contributed by atoms with Crippen LogP contribution >= 0.6 is 11.6 Å². The molecule has 3 rings (SSSR count). The van der Waals surface area contributed by atoms with E-state index >= 15 is 0 Å². The summed E-state index contributed by atoms with van der Waals surface area (Å²) in [6.45, 7) is 1.07. The molecule has 2 heterocycles. The van der Waals surface area contributed by atoms with Gasteiger partial charge in [-0.25, -0.2) is 8.42 Å². The van der Waals surface area contributed by atoms with Crippen LogP contribution in [0.15, 0.2) is 47.5 Å². The van der Waals surface area contributed by atoms with Crippen molar-refractivity contribution in [2.24, 2.45) is 0 Å². The van der Waals surface area contributed by atoms with E-state index in [2.05, 4.69) is 20.2 Å². The van der Waals surface area contributed by atoms with Crippen LogP contribution in [0.25, 0.3) is 5.65 Å². The highest BCUT2D eigenvalue weighted by molar-refractivity contribution is 7.89. The maximum Gasteiger partial charge on any atom is 0.417 e. The number of amides is 1. The minimum absolute atomic E-state index is 0.0530. The summed E-state index contributed by atoms with van der Waals surface area (Å²) in [7, 11) is -3.98. The van der Waals surface area contributed by atoms with E-state index in [4.69, 9.17) is 11.6 Å². The number of carbonyl (C=O) groups excluding carboxylic acids is 1. The third-order valence-corrected chi connectivity index (χ3v) is 5.88. The quantitative estimate of drug-likeness (QED) is 0.586. The van der Waals surface area contributed by atoms with Gasteiger partial charge in [0.15, 0.2) is 11.5 Å². The van der Waals surface area contributed by atoms with Gasteiger partial charge in [-0.3, -0.25) is 9.20 Å². The van der Waals surface area contributed by atoms with E-state index in [0.29, 0.717) is 5.02 Å². The molecule has 0 unspecified atom stereocenters. The first-order valence-corrected chi connectivity index (χ1v) is 10.3. The molecule has 3 aromatic rings. The molecular formula is C17H15ClF3N5O3S. The van der Waals surface area contributed by atoms with Gasteiger partial charge in [-0.2, -0.15) is 17.9 Å². The smallest absolute Gasteiger partial charge is 0.347 e. The van der Waals surface area contributed by atoms with Gasteiger partial charge in [0.2, 0.25) is 15.9 Å². The first kappa shape index (κ1) is 22.0. The zero-order valence-electron chi connectivity index (χ0n) is 15.3. The van der Waals surface area contributed by atoms with Crippen molar-refractivity contribution in [3.8, 4) is 0 Å². The number of alkyl halides is 3. The SMILES string of the molecule is C[C@H](NS(=O)(=O)c1ccc(Cl)cc1)C(=O)NCc1nnc2ccc(C(F)(F)F)cn12. The van der Waals surface area contributed by atoms with Crippen molar-refractivity contribution >= 4 is 33.2 Å². The lowest BCUT2D eigenvalue weighted by atomic mass is 10.3. The van der Waals surface area contributed by atoms with Crippen LogP contribution < -0.4 is 10.0 Å². The van der Waals surface area contributed by atoms with Crippen LogP contribution in [0.1, 0.15) is 18.3 Å². The zero-order valence-corrected chi connectivity index (χ0v) is 16.9. The monoisotopic (exact) mass is 461 g/mol. The van der Waals surface area contributed by atoms with Crippen LogP contribution in [-0.4, -0.2) is 35.0 Å². The van der Waals surface area contributed by atoms with Gasteiger partial charge in [0.05, 0.1) is 23.0 Å². The number of hydrogen-bond acceptors (Lipinski definition) is 5. The first-order chi connectivity index (χ1) is 14.0. The maximum absolute atomic E-state index is 12.9. The second kappa shape index (κ2) is 8.20. The van der Waals surface area contributed by atoms with E-state index in [-0.39, 0.29) is 22.9 Å². The summed E-state index contributed by atoms with van der Waals surface area (Å²) in [6, 6.07) is 6.24. The summed E-state index contributed by atoms with van der Waals surface area (Å²) >= 11 is 5.73. The minimum atomic E-state index is -4.55. The first-order valence-electron chi connectivity index (χ1n) is 8.44. The Morgan fingerprint density at radius 2 is 1.83 bits per heavy atom. The second-order valence-electron chi connectivity index (χ2n) is 6.27. The largest absolute Gasteiger partial charge is 0.417 e. The molecule has 0 fully saturated rings. The minimum Gasteiger partial charge on any atom is -0.347 e. The molecule has 1 amide bonds. The predicted molar refractivity (Wildman–Crippen MR) is 101 cm³/mol. The van der Waals surface area contributed by atoms with Crippen LogP contribution in [0.4, 0.5) is 13.2 Å². The Labute approximate surface area is 174 Å². The van der Waals surface area contributed by atoms with Crippen molar-refractivity contribution in [3.63, 3.8) is 0 Å². The van der Waals surface area contributed by atoms with Gasteiger partial charge in [0.1, 0.15) is 0 Å². The number of hydrogen-bond donors (Lipinski definition) is 2. The van der Waals surface area contributed by atoms with E-state index in [1.54, 1.807) is 0 Å². The van der Waals surface area contributed by atoms with Gasteiger partial charge in [-0.15, -0.1) is 10.2 Å². The average molecular weight is 462 g/mol. The number of pyridine rings is 1. The molecule has 1 aromatic carbocycles. The summed E-state index contributed by atoms with van der Waals surface area (Å²) in [5.74, 6) is -0.645. The maximum atomic E-state index is 12.9. The van der Waals surface area contributed by atoms with Crippen molar-refractivity contribution in [2.75, 3.05) is 0 Å². The summed E-state index contributed by atoms with van der Waals surface area (Å²) in [6.07, 6.45) is -3.73. The number of nitrogens with one attached hydrogen (secondary N) is 2. The Morgan fingerprint density at radius 1 is 1.17 bits per heavy atom. The molecular weight excluding hydrogens is 447 g/mol. The molecule has 13 heteroatoms. The number of halogens is 4. The van der Waals surface area contributed by atoms with Crippen LogP contribution in [0.3, 0.4) is 0 Å². The Kier molecular flexibility index (Phi) is 6.01. The Balaban J connectivity index is 1.68. The third kappa shape index (κ3) is 4.89. The fourth-order valence-electron chi connectivity index (χ4n) is 2.51. The molecule has 30 heavy (non-hydrogen) atoms. The molecule has 0 radical (unpaired) electrons. The number of sulfonamides is 1. The fourth-order valence-corrected chi connectivity index (χ4v) is 3.84. The van der Waals surface area contributed by atoms with E-state index in [9.17, 15) is 26.4 Å². The lowest BCUT2D eigenvalue weighted by Crippen LogP contribution is -2.44. The normalized spacial score (nSPS) is 13.4. The lowest BCUT2D eigenvalue weighted by molar-refractivity contribution is -0.137. The molecule has 0 aliphatic carbocycles. The number of nitrogens with zero attached hydrogens (tertiary/aromatic N) is 3. The van der Waals surface area contributed by atoms with Crippen molar-refractivity contribution in [1.82, 2.24) is 24.6 Å². The fraction of sp³-hybridized carbons (Fsp3) is 0.235. The zero-order chi connectivity index (χ0) is 22.1. The summed E-state index contributed by atoms with van der Waals surface area (Å²) in [5, 5.41) is 10.3. The molecule has 160 valence electrons. The topological polar surface area (TPSA) is 105 Å². The highest BCUT2D eigenvalue weighted by Gasteiger charge is 2.31. The molecule has 0 spiro atoms. The molecule has 2 aromatic heterocycles. The van der Waals surface area contributed by atoms with Gasteiger partial charge < -0.3 is 5.32 Å². The summed E-state index contributed by atoms with van der Waals surface area (Å²) in [4.78, 5) is 12.2. The molecule has 8 nitrogen and oxygen atoms in total. The van der Waals surface area contributed by atoms with Crippen molar-refractivity contribution in [3.05, 3.63) is 59.0 Å². The number of carbonyl (C=O) groups is 1. The van der Waals surface area contributed by atoms with Gasteiger partial charge in [0.25, 0.3) is 0 Å². The van der Waals surface area contributed by atoms with Crippen molar-refractivity contribution in [1.29, 1.82) is 0 Å². The average Bonchev–Trinajstić information content (AvgIpc) is 3.07. The number of benzene rings is 1. The van der Waals surface area contributed by atoms with E-state index in [0.717, 1.165) is 22.7 Å². The number of aromatic nitrogens is 3. The summed E-state index contributed by atoms with van der Waals surface area (Å²) < 4.78 is 66.7. The van der Waals surface area contributed by atoms with Crippen LogP contribution in [0, 0.1) is 0 Å². The molecule has 1 atom stereocenters. The van der Waals surface area contributed by atoms with Gasteiger partial charge >= 0.3 is 6.18 Å². The van der Waals surface area contributed by atoms with Crippen LogP contribution in [-0.2, 0) is 27.5 Å². The van der Waals surface area contributed by atoms with Crippen LogP contribution in [0.5, 0.6) is 0 Å². The Morgan fingerprint density at radius 3 is 2.47 bits per heavy atom. The molecule has 0 aliphatic rings. The highest BCUT2D eigenvalue weighted by atomic mass is 35.5. The molecule has 0 saturated heterocycles. The second-order valence-corrected chi connectivity index (χ2v) is 8.43. The van der Waals surface area contributed by atoms with E-state index in [1.807, 2.05) is 0 Å². The van der Waals surface area contributed by atoms with Crippen molar-refractivity contribution < 1.29 is 26.4 Å². The van der Waals surface area contributed by atoms with E-state index < -0.39 is 33.7 Å². The highest BCUT2D eigenvalue weighted by Crippen LogP contribution is 2.29. The van der Waals surface area contributed by atoms with Crippen molar-refractivity contribution in [2.45, 2.75) is 30.6 Å². The standard InChI is InChI=1S/C17H15ClF3N5O3S/c1-10(25-30(28,29)13-5-3-12(18)4-6-13)16(27)22-8-15-24-23-14-7-2-11(9-26(14)15)17(19,20)21/h2-7,9-10,25H,8H2,1H3,(H,22,27)/t10-/m0/s1. The third-order valence-electron chi connectivity index (χ3n) is 4.07. The van der Waals surface area contributed by atoms with Gasteiger partial charge in [-0.1, -0.05) is 11.6 Å². The summed E-state index contributed by atoms with van der Waals surface area (Å²) in [5.41, 5.74) is -0.727. The molecule has 0 aliphatic heterocycles. The molecule has 2 N–H and O–H groups in total. The molecule has 0 bridgehead atoms. The Bertz CT molecular complexity index is 1180. The van der Waals surface area contributed by atoms with Crippen LogP contribution in [0.2, 0.25) is 5.02 Å². The number of rotatable bonds is 6. The van der Waals surface area contributed by atoms with E-state index in [1.165, 1.54) is 31.2 Å². The van der Waals surface area contributed by atoms with Gasteiger partial charge in [0, 0.05) is 11.2 Å². The Hall–Kier alpha value is -2.70. The van der Waals surface area contributed by atoms with Gasteiger partial charge in [-0.05, 0) is 43.3 Å². The number of fused-ring (bicyclic) bond motifs is 1.